The second kappa shape index (κ2) is 35.5. The predicted octanol–water partition coefficient (Wildman–Crippen LogP) is 5.82. The number of esters is 2. The summed E-state index contributed by atoms with van der Waals surface area (Å²) in [6.45, 7) is 2.54. The second-order valence-corrected chi connectivity index (χ2v) is 17.3. The molecule has 0 aromatic heterocycles. The first-order valence-corrected chi connectivity index (χ1v) is 24.3. The molecule has 15 nitrogen and oxygen atoms in total. The Morgan fingerprint density at radius 3 is 1.47 bits per heavy atom. The number of hydrogen-bond acceptors (Lipinski definition) is 15. The Hall–Kier alpha value is -1.76. The average molecular weight is 891 g/mol. The van der Waals surface area contributed by atoms with E-state index in [-0.39, 0.29) is 26.1 Å². The van der Waals surface area contributed by atoms with Crippen LogP contribution in [0.5, 0.6) is 0 Å². The molecule has 0 saturated carbocycles. The Kier molecular flexibility index (Phi) is 32.3. The van der Waals surface area contributed by atoms with Crippen LogP contribution in [0.1, 0.15) is 181 Å². The SMILES string of the molecule is CCCC/C=C/CCCCCCCC(=O)O[C@H](COC(=O)CCCCCCCCCCCCCCCCC)CO[C@@H]1O[C@H](CO[C@@H]2O[C@H](CO)[C@H](O)C(O)C2O)[C@H](O)C(O)C1O. The number of aliphatic hydroxyl groups excluding tert-OH is 7. The van der Waals surface area contributed by atoms with E-state index in [1.54, 1.807) is 0 Å². The van der Waals surface area contributed by atoms with E-state index in [2.05, 4.69) is 26.0 Å². The zero-order valence-electron chi connectivity index (χ0n) is 38.1. The number of hydrogen-bond donors (Lipinski definition) is 7. The zero-order chi connectivity index (χ0) is 45.4. The van der Waals surface area contributed by atoms with Gasteiger partial charge in [0.05, 0.1) is 19.8 Å². The van der Waals surface area contributed by atoms with Crippen molar-refractivity contribution >= 4 is 11.9 Å². The molecule has 0 amide bonds. The van der Waals surface area contributed by atoms with Gasteiger partial charge >= 0.3 is 11.9 Å². The van der Waals surface area contributed by atoms with Crippen LogP contribution in [0.4, 0.5) is 0 Å². The summed E-state index contributed by atoms with van der Waals surface area (Å²) >= 11 is 0. The summed E-state index contributed by atoms with van der Waals surface area (Å²) < 4.78 is 33.5. The van der Waals surface area contributed by atoms with Crippen molar-refractivity contribution in [3.8, 4) is 0 Å². The minimum Gasteiger partial charge on any atom is -0.462 e. The van der Waals surface area contributed by atoms with Gasteiger partial charge in [-0.25, -0.2) is 0 Å². The highest BCUT2D eigenvalue weighted by Crippen LogP contribution is 2.26. The molecule has 4 unspecified atom stereocenters. The number of carbonyl (C=O) groups is 2. The summed E-state index contributed by atoms with van der Waals surface area (Å²) in [6, 6.07) is 0. The highest BCUT2D eigenvalue weighted by molar-refractivity contribution is 5.70. The summed E-state index contributed by atoms with van der Waals surface area (Å²) in [7, 11) is 0. The van der Waals surface area contributed by atoms with Gasteiger partial charge in [-0.1, -0.05) is 148 Å². The van der Waals surface area contributed by atoms with E-state index in [1.165, 1.54) is 83.5 Å². The number of allylic oxidation sites excluding steroid dienone is 2. The van der Waals surface area contributed by atoms with E-state index in [0.29, 0.717) is 12.8 Å². The Morgan fingerprint density at radius 1 is 0.500 bits per heavy atom. The maximum atomic E-state index is 12.9. The highest BCUT2D eigenvalue weighted by Gasteiger charge is 2.47. The Morgan fingerprint density at radius 2 is 0.935 bits per heavy atom. The van der Waals surface area contributed by atoms with E-state index in [0.717, 1.165) is 57.8 Å². The van der Waals surface area contributed by atoms with E-state index < -0.39 is 92.7 Å². The Labute approximate surface area is 371 Å². The molecule has 0 spiro atoms. The first-order valence-electron chi connectivity index (χ1n) is 24.3. The van der Waals surface area contributed by atoms with Crippen LogP contribution in [0.15, 0.2) is 12.2 Å². The van der Waals surface area contributed by atoms with Gasteiger partial charge in [-0.05, 0) is 32.1 Å². The fourth-order valence-electron chi connectivity index (χ4n) is 7.67. The van der Waals surface area contributed by atoms with Crippen LogP contribution in [-0.4, -0.2) is 142 Å². The van der Waals surface area contributed by atoms with Crippen LogP contribution in [0.2, 0.25) is 0 Å². The zero-order valence-corrected chi connectivity index (χ0v) is 38.1. The van der Waals surface area contributed by atoms with E-state index in [1.807, 2.05) is 0 Å². The maximum absolute atomic E-state index is 12.9. The molecule has 0 aromatic carbocycles. The molecule has 2 aliphatic rings. The van der Waals surface area contributed by atoms with Crippen LogP contribution in [0.3, 0.4) is 0 Å². The molecule has 0 bridgehead atoms. The third-order valence-electron chi connectivity index (χ3n) is 11.7. The first-order chi connectivity index (χ1) is 30.0. The standard InChI is InChI=1S/C47H86O15/c1-3-5-7-9-11-13-15-16-17-18-20-21-23-25-27-29-38(49)57-32-35(60-39(50)30-28-26-24-22-19-14-12-10-8-6-4-2)33-58-46-45(56)43(54)41(52)37(62-46)34-59-47-44(55)42(53)40(51)36(31-48)61-47/h10,12,35-37,40-48,51-56H,3-9,11,13-34H2,1-2H3/b12-10+/t35-,36-,37-,40+,41+,42?,43?,44?,45?,46-,47-/m1/s1. The quantitative estimate of drug-likeness (QED) is 0.0221. The van der Waals surface area contributed by atoms with Gasteiger partial charge < -0.3 is 64.2 Å². The number of ether oxygens (including phenoxy) is 6. The van der Waals surface area contributed by atoms with Gasteiger partial charge in [0, 0.05) is 12.8 Å². The van der Waals surface area contributed by atoms with Crippen molar-refractivity contribution in [1.29, 1.82) is 0 Å². The molecule has 62 heavy (non-hydrogen) atoms. The molecule has 7 N–H and O–H groups in total. The molecular formula is C47H86O15. The molecule has 364 valence electrons. The van der Waals surface area contributed by atoms with Crippen molar-refractivity contribution < 1.29 is 73.8 Å². The molecule has 2 heterocycles. The van der Waals surface area contributed by atoms with Crippen molar-refractivity contribution in [3.05, 3.63) is 12.2 Å². The lowest BCUT2D eigenvalue weighted by molar-refractivity contribution is -0.332. The van der Waals surface area contributed by atoms with Crippen molar-refractivity contribution in [1.82, 2.24) is 0 Å². The smallest absolute Gasteiger partial charge is 0.306 e. The molecule has 15 heteroatoms. The molecule has 0 aliphatic carbocycles. The predicted molar refractivity (Wildman–Crippen MR) is 234 cm³/mol. The summed E-state index contributed by atoms with van der Waals surface area (Å²) in [6.07, 6.45) is 15.4. The lowest BCUT2D eigenvalue weighted by atomic mass is 9.98. The molecule has 2 fully saturated rings. The summed E-state index contributed by atoms with van der Waals surface area (Å²) in [4.78, 5) is 25.6. The van der Waals surface area contributed by atoms with Gasteiger partial charge in [0.2, 0.25) is 0 Å². The molecule has 0 aromatic rings. The molecule has 11 atom stereocenters. The minimum absolute atomic E-state index is 0.158. The summed E-state index contributed by atoms with van der Waals surface area (Å²) in [5.41, 5.74) is 0. The highest BCUT2D eigenvalue weighted by atomic mass is 16.7. The first kappa shape index (κ1) is 56.4. The average Bonchev–Trinajstić information content (AvgIpc) is 3.26. The van der Waals surface area contributed by atoms with Crippen LogP contribution in [0.25, 0.3) is 0 Å². The van der Waals surface area contributed by atoms with Gasteiger partial charge in [0.1, 0.15) is 55.4 Å². The Balaban J connectivity index is 1.82. The second-order valence-electron chi connectivity index (χ2n) is 17.3. The van der Waals surface area contributed by atoms with E-state index >= 15 is 0 Å². The number of rotatable bonds is 37. The van der Waals surface area contributed by atoms with Crippen molar-refractivity contribution in [2.75, 3.05) is 26.4 Å². The van der Waals surface area contributed by atoms with Crippen molar-refractivity contribution in [2.24, 2.45) is 0 Å². The van der Waals surface area contributed by atoms with Crippen LogP contribution < -0.4 is 0 Å². The lowest BCUT2D eigenvalue weighted by Gasteiger charge is -2.42. The van der Waals surface area contributed by atoms with Crippen LogP contribution in [0, 0.1) is 0 Å². The monoisotopic (exact) mass is 891 g/mol. The van der Waals surface area contributed by atoms with Crippen molar-refractivity contribution in [3.63, 3.8) is 0 Å². The molecule has 2 aliphatic heterocycles. The van der Waals surface area contributed by atoms with E-state index in [9.17, 15) is 45.3 Å². The van der Waals surface area contributed by atoms with Gasteiger partial charge in [-0.15, -0.1) is 0 Å². The normalized spacial score (nSPS) is 27.1. The fraction of sp³-hybridized carbons (Fsp3) is 0.915. The maximum Gasteiger partial charge on any atom is 0.306 e. The number of unbranched alkanes of at least 4 members (excludes halogenated alkanes) is 21. The topological polar surface area (TPSA) is 231 Å². The molecule has 2 rings (SSSR count). The third kappa shape index (κ3) is 24.0. The Bertz CT molecular complexity index is 1140. The minimum atomic E-state index is -1.76. The molecule has 2 saturated heterocycles. The van der Waals surface area contributed by atoms with Crippen LogP contribution >= 0.6 is 0 Å². The number of carbonyl (C=O) groups excluding carboxylic acids is 2. The number of aliphatic hydroxyl groups is 7. The van der Waals surface area contributed by atoms with Crippen LogP contribution in [-0.2, 0) is 38.0 Å². The lowest BCUT2D eigenvalue weighted by Crippen LogP contribution is -2.61. The molecular weight excluding hydrogens is 805 g/mol. The third-order valence-corrected chi connectivity index (χ3v) is 11.7. The van der Waals surface area contributed by atoms with Gasteiger partial charge in [-0.3, -0.25) is 9.59 Å². The summed E-state index contributed by atoms with van der Waals surface area (Å²) in [5.74, 6) is -0.929. The van der Waals surface area contributed by atoms with Crippen molar-refractivity contribution in [2.45, 2.75) is 248 Å². The van der Waals surface area contributed by atoms with Gasteiger partial charge in [-0.2, -0.15) is 0 Å². The fourth-order valence-corrected chi connectivity index (χ4v) is 7.67. The molecule has 0 radical (unpaired) electrons. The van der Waals surface area contributed by atoms with Gasteiger partial charge in [0.25, 0.3) is 0 Å². The van der Waals surface area contributed by atoms with Gasteiger partial charge in [0.15, 0.2) is 18.7 Å². The largest absolute Gasteiger partial charge is 0.462 e. The summed E-state index contributed by atoms with van der Waals surface area (Å²) in [5, 5.41) is 71.9. The van der Waals surface area contributed by atoms with E-state index in [4.69, 9.17) is 28.4 Å².